The van der Waals surface area contributed by atoms with Crippen LogP contribution in [0.1, 0.15) is 298 Å². The first kappa shape index (κ1) is 58.4. The second kappa shape index (κ2) is 46.9. The third-order valence-corrected chi connectivity index (χ3v) is 12.9. The zero-order chi connectivity index (χ0) is 44.0. The summed E-state index contributed by atoms with van der Waals surface area (Å²) in [4.78, 5) is 37.9. The topological polar surface area (TPSA) is 78.9 Å². The average molecular weight is 849 g/mol. The van der Waals surface area contributed by atoms with E-state index in [-0.39, 0.29) is 31.1 Å². The van der Waals surface area contributed by atoms with E-state index in [0.717, 1.165) is 69.6 Å². The monoisotopic (exact) mass is 849 g/mol. The molecule has 0 N–H and O–H groups in total. The highest BCUT2D eigenvalue weighted by Crippen LogP contribution is 2.18. The first-order valence-electron chi connectivity index (χ1n) is 26.8. The van der Waals surface area contributed by atoms with Crippen LogP contribution in [0.4, 0.5) is 0 Å². The molecule has 0 aliphatic heterocycles. The first-order chi connectivity index (χ1) is 29.3. The Kier molecular flexibility index (Phi) is 45.7. The Hall–Kier alpha value is -1.59. The number of ether oxygens (including phenoxy) is 3. The third kappa shape index (κ3) is 44.5. The molecular weight excluding hydrogens is 745 g/mol. The van der Waals surface area contributed by atoms with Gasteiger partial charge in [-0.3, -0.25) is 14.4 Å². The molecule has 0 aromatic carbocycles. The SMILES string of the molecule is CCCCCCCCCCCCC(=O)OC[C@@H](COC(=O)CCCCCCCCCCCCCCCCC(C)CC)OC(=O)CCCCCCCCCCCCC(C)CC. The molecule has 0 bridgehead atoms. The lowest BCUT2D eigenvalue weighted by molar-refractivity contribution is -0.167. The van der Waals surface area contributed by atoms with E-state index in [9.17, 15) is 14.4 Å². The zero-order valence-electron chi connectivity index (χ0n) is 41.1. The maximum absolute atomic E-state index is 12.8. The van der Waals surface area contributed by atoms with Gasteiger partial charge in [-0.25, -0.2) is 0 Å². The fourth-order valence-electron chi connectivity index (χ4n) is 8.10. The van der Waals surface area contributed by atoms with Crippen LogP contribution in [0.5, 0.6) is 0 Å². The minimum Gasteiger partial charge on any atom is -0.462 e. The molecule has 356 valence electrons. The summed E-state index contributed by atoms with van der Waals surface area (Å²) < 4.78 is 16.8. The number of unbranched alkanes of at least 4 members (excludes halogenated alkanes) is 31. The van der Waals surface area contributed by atoms with E-state index in [0.29, 0.717) is 19.3 Å². The van der Waals surface area contributed by atoms with Crippen molar-refractivity contribution in [2.75, 3.05) is 13.2 Å². The summed E-state index contributed by atoms with van der Waals surface area (Å²) in [6.07, 6.45) is 47.9. The van der Waals surface area contributed by atoms with E-state index in [4.69, 9.17) is 14.2 Å². The van der Waals surface area contributed by atoms with Gasteiger partial charge in [-0.1, -0.05) is 259 Å². The lowest BCUT2D eigenvalue weighted by Crippen LogP contribution is -2.30. The second-order valence-electron chi connectivity index (χ2n) is 19.0. The van der Waals surface area contributed by atoms with Gasteiger partial charge in [-0.15, -0.1) is 0 Å². The molecule has 2 unspecified atom stereocenters. The van der Waals surface area contributed by atoms with Crippen molar-refractivity contribution in [1.29, 1.82) is 0 Å². The second-order valence-corrected chi connectivity index (χ2v) is 19.0. The summed E-state index contributed by atoms with van der Waals surface area (Å²) in [5.74, 6) is 0.916. The van der Waals surface area contributed by atoms with Gasteiger partial charge in [0.2, 0.25) is 0 Å². The maximum atomic E-state index is 12.8. The predicted octanol–water partition coefficient (Wildman–Crippen LogP) is 17.3. The molecule has 0 rings (SSSR count). The molecule has 60 heavy (non-hydrogen) atoms. The lowest BCUT2D eigenvalue weighted by Gasteiger charge is -2.18. The van der Waals surface area contributed by atoms with Crippen molar-refractivity contribution in [3.05, 3.63) is 0 Å². The van der Waals surface area contributed by atoms with Gasteiger partial charge in [0.25, 0.3) is 0 Å². The summed E-state index contributed by atoms with van der Waals surface area (Å²) in [7, 11) is 0. The Morgan fingerprint density at radius 1 is 0.333 bits per heavy atom. The van der Waals surface area contributed by atoms with E-state index in [1.807, 2.05) is 0 Å². The molecule has 0 spiro atoms. The molecule has 0 aromatic heterocycles. The van der Waals surface area contributed by atoms with Gasteiger partial charge >= 0.3 is 17.9 Å². The molecule has 0 aliphatic rings. The molecule has 0 saturated carbocycles. The third-order valence-electron chi connectivity index (χ3n) is 12.9. The molecule has 6 heteroatoms. The van der Waals surface area contributed by atoms with Crippen molar-refractivity contribution < 1.29 is 28.6 Å². The van der Waals surface area contributed by atoms with Gasteiger partial charge in [0.15, 0.2) is 6.10 Å². The van der Waals surface area contributed by atoms with Crippen LogP contribution >= 0.6 is 0 Å². The number of rotatable bonds is 48. The van der Waals surface area contributed by atoms with E-state index < -0.39 is 6.10 Å². The maximum Gasteiger partial charge on any atom is 0.306 e. The van der Waals surface area contributed by atoms with Gasteiger partial charge in [0.05, 0.1) is 0 Å². The van der Waals surface area contributed by atoms with Crippen LogP contribution in [0.25, 0.3) is 0 Å². The molecule has 0 heterocycles. The van der Waals surface area contributed by atoms with Gasteiger partial charge in [0, 0.05) is 19.3 Å². The fourth-order valence-corrected chi connectivity index (χ4v) is 8.10. The van der Waals surface area contributed by atoms with Gasteiger partial charge in [-0.05, 0) is 31.1 Å². The summed E-state index contributed by atoms with van der Waals surface area (Å²) in [6.45, 7) is 11.4. The van der Waals surface area contributed by atoms with Crippen LogP contribution in [0.2, 0.25) is 0 Å². The van der Waals surface area contributed by atoms with E-state index in [1.165, 1.54) is 186 Å². The highest BCUT2D eigenvalue weighted by molar-refractivity contribution is 5.71. The standard InChI is InChI=1S/C54H104O6/c1-6-9-10-11-12-13-24-29-34-39-44-52(55)58-47-51(60-54(57)46-41-36-31-26-21-20-23-28-33-38-43-50(5)8-3)48-59-53(56)45-40-35-30-25-19-17-15-14-16-18-22-27-32-37-42-49(4)7-2/h49-51H,6-48H2,1-5H3/t49?,50?,51-/m0/s1. The molecule has 0 radical (unpaired) electrons. The summed E-state index contributed by atoms with van der Waals surface area (Å²) in [6, 6.07) is 0. The Morgan fingerprint density at radius 3 is 0.867 bits per heavy atom. The van der Waals surface area contributed by atoms with E-state index in [1.54, 1.807) is 0 Å². The molecule has 0 aliphatic carbocycles. The highest BCUT2D eigenvalue weighted by atomic mass is 16.6. The van der Waals surface area contributed by atoms with Crippen molar-refractivity contribution in [3.8, 4) is 0 Å². The normalized spacial score (nSPS) is 12.9. The van der Waals surface area contributed by atoms with Gasteiger partial charge < -0.3 is 14.2 Å². The van der Waals surface area contributed by atoms with Crippen LogP contribution < -0.4 is 0 Å². The van der Waals surface area contributed by atoms with Crippen LogP contribution in [0.15, 0.2) is 0 Å². The van der Waals surface area contributed by atoms with Crippen LogP contribution in [0.3, 0.4) is 0 Å². The summed E-state index contributed by atoms with van der Waals surface area (Å²) in [5, 5.41) is 0. The van der Waals surface area contributed by atoms with Gasteiger partial charge in [-0.2, -0.15) is 0 Å². The van der Waals surface area contributed by atoms with Crippen LogP contribution in [-0.2, 0) is 28.6 Å². The number of hydrogen-bond donors (Lipinski definition) is 0. The van der Waals surface area contributed by atoms with Crippen molar-refractivity contribution >= 4 is 17.9 Å². The molecule has 0 aromatic rings. The van der Waals surface area contributed by atoms with E-state index >= 15 is 0 Å². The minimum absolute atomic E-state index is 0.0635. The number of carbonyl (C=O) groups excluding carboxylic acids is 3. The average Bonchev–Trinajstić information content (AvgIpc) is 3.25. The molecule has 0 saturated heterocycles. The van der Waals surface area contributed by atoms with Crippen LogP contribution in [0, 0.1) is 11.8 Å². The van der Waals surface area contributed by atoms with Crippen molar-refractivity contribution in [3.63, 3.8) is 0 Å². The number of esters is 3. The number of carbonyl (C=O) groups is 3. The fraction of sp³-hybridized carbons (Fsp3) is 0.944. The molecular formula is C54H104O6. The summed E-state index contributed by atoms with van der Waals surface area (Å²) >= 11 is 0. The van der Waals surface area contributed by atoms with Crippen molar-refractivity contribution in [2.24, 2.45) is 11.8 Å². The Labute approximate surface area is 374 Å². The molecule has 0 amide bonds. The lowest BCUT2D eigenvalue weighted by atomic mass is 9.99. The Bertz CT molecular complexity index is 920. The summed E-state index contributed by atoms with van der Waals surface area (Å²) in [5.41, 5.74) is 0. The molecule has 3 atom stereocenters. The van der Waals surface area contributed by atoms with Crippen molar-refractivity contribution in [1.82, 2.24) is 0 Å². The molecule has 6 nitrogen and oxygen atoms in total. The van der Waals surface area contributed by atoms with Crippen molar-refractivity contribution in [2.45, 2.75) is 304 Å². The van der Waals surface area contributed by atoms with Crippen LogP contribution in [-0.4, -0.2) is 37.2 Å². The quantitative estimate of drug-likeness (QED) is 0.0345. The smallest absolute Gasteiger partial charge is 0.306 e. The Morgan fingerprint density at radius 2 is 0.583 bits per heavy atom. The van der Waals surface area contributed by atoms with Gasteiger partial charge in [0.1, 0.15) is 13.2 Å². The zero-order valence-corrected chi connectivity index (χ0v) is 41.1. The Balaban J connectivity index is 4.27. The van der Waals surface area contributed by atoms with E-state index in [2.05, 4.69) is 34.6 Å². The first-order valence-corrected chi connectivity index (χ1v) is 26.8. The minimum atomic E-state index is -0.761. The largest absolute Gasteiger partial charge is 0.462 e. The predicted molar refractivity (Wildman–Crippen MR) is 256 cm³/mol. The molecule has 0 fully saturated rings. The number of hydrogen-bond acceptors (Lipinski definition) is 6. The highest BCUT2D eigenvalue weighted by Gasteiger charge is 2.19.